The molecule has 136 valence electrons. The molecule has 0 atom stereocenters. The Morgan fingerprint density at radius 1 is 1.00 bits per heavy atom. The highest BCUT2D eigenvalue weighted by Gasteiger charge is 2.41. The fourth-order valence-electron chi connectivity index (χ4n) is 3.67. The van der Waals surface area contributed by atoms with Crippen molar-refractivity contribution in [3.05, 3.63) is 0 Å². The van der Waals surface area contributed by atoms with Gasteiger partial charge >= 0.3 is 0 Å². The fourth-order valence-corrected chi connectivity index (χ4v) is 3.67. The smallest absolute Gasteiger partial charge is 0.0833 e. The average molecular weight is 327 g/mol. The molecule has 2 aliphatic rings. The van der Waals surface area contributed by atoms with Crippen LogP contribution in [0.25, 0.3) is 0 Å². The second-order valence-electron chi connectivity index (χ2n) is 9.28. The normalized spacial score (nSPS) is 24.3. The van der Waals surface area contributed by atoms with E-state index in [9.17, 15) is 0 Å². The Hall–Kier alpha value is -0.160. The molecule has 2 aliphatic heterocycles. The van der Waals surface area contributed by atoms with Gasteiger partial charge in [0.1, 0.15) is 0 Å². The van der Waals surface area contributed by atoms with Crippen LogP contribution in [0.1, 0.15) is 60.8 Å². The van der Waals surface area contributed by atoms with E-state index in [0.717, 1.165) is 52.4 Å². The van der Waals surface area contributed by atoms with Gasteiger partial charge in [-0.25, -0.2) is 0 Å². The summed E-state index contributed by atoms with van der Waals surface area (Å²) >= 11 is 0. The molecule has 0 unspecified atom stereocenters. The zero-order valence-corrected chi connectivity index (χ0v) is 16.3. The van der Waals surface area contributed by atoms with Gasteiger partial charge in [0.25, 0.3) is 0 Å². The molecule has 0 amide bonds. The Balaban J connectivity index is 1.75. The van der Waals surface area contributed by atoms with Gasteiger partial charge in [-0.15, -0.1) is 0 Å². The molecule has 4 heteroatoms. The first-order valence-corrected chi connectivity index (χ1v) is 9.35. The van der Waals surface area contributed by atoms with Gasteiger partial charge in [0.15, 0.2) is 0 Å². The summed E-state index contributed by atoms with van der Waals surface area (Å²) in [4.78, 5) is 5.18. The van der Waals surface area contributed by atoms with E-state index in [1.54, 1.807) is 0 Å². The van der Waals surface area contributed by atoms with Crippen LogP contribution in [0.2, 0.25) is 0 Å². The molecule has 1 spiro atoms. The number of morpholine rings is 1. The number of rotatable bonds is 4. The second-order valence-corrected chi connectivity index (χ2v) is 9.28. The van der Waals surface area contributed by atoms with Gasteiger partial charge in [0.2, 0.25) is 0 Å². The van der Waals surface area contributed by atoms with Crippen molar-refractivity contribution in [3.63, 3.8) is 0 Å². The van der Waals surface area contributed by atoms with Crippen molar-refractivity contribution >= 4 is 0 Å². The van der Waals surface area contributed by atoms with Crippen molar-refractivity contribution in [1.29, 1.82) is 0 Å². The molecule has 0 aliphatic carbocycles. The van der Waals surface area contributed by atoms with Crippen molar-refractivity contribution in [1.82, 2.24) is 9.80 Å². The van der Waals surface area contributed by atoms with Crippen molar-refractivity contribution in [2.75, 3.05) is 45.9 Å². The lowest BCUT2D eigenvalue weighted by Crippen LogP contribution is -2.59. The molecule has 0 saturated carbocycles. The minimum atomic E-state index is -0.0218. The van der Waals surface area contributed by atoms with E-state index in [-0.39, 0.29) is 16.7 Å². The first-order chi connectivity index (χ1) is 10.6. The molecule has 2 fully saturated rings. The van der Waals surface area contributed by atoms with Gasteiger partial charge < -0.3 is 9.47 Å². The molecule has 2 rings (SSSR count). The van der Waals surface area contributed by atoms with E-state index in [2.05, 4.69) is 51.3 Å². The summed E-state index contributed by atoms with van der Waals surface area (Å²) in [6.07, 6.45) is 3.44. The van der Waals surface area contributed by atoms with Crippen LogP contribution in [0, 0.1) is 0 Å². The average Bonchev–Trinajstić information content (AvgIpc) is 2.42. The lowest BCUT2D eigenvalue weighted by atomic mass is 9.87. The number of ether oxygens (including phenoxy) is 2. The summed E-state index contributed by atoms with van der Waals surface area (Å²) in [5.41, 5.74) is 0.358. The maximum Gasteiger partial charge on any atom is 0.0833 e. The second kappa shape index (κ2) is 7.38. The number of hydrogen-bond acceptors (Lipinski definition) is 4. The highest BCUT2D eigenvalue weighted by atomic mass is 16.5. The van der Waals surface area contributed by atoms with E-state index in [0.29, 0.717) is 0 Å². The first kappa shape index (κ1) is 19.2. The standard InChI is InChI=1S/C19H38N2O2/c1-17(2,3)21-11-8-19(9-12-21)16-20(13-15-23-19)10-7-14-22-18(4,5)6/h7-16H2,1-6H3. The zero-order chi connectivity index (χ0) is 17.1. The zero-order valence-electron chi connectivity index (χ0n) is 16.3. The Bertz CT molecular complexity index is 363. The maximum absolute atomic E-state index is 6.26. The van der Waals surface area contributed by atoms with E-state index >= 15 is 0 Å². The third-order valence-electron chi connectivity index (χ3n) is 5.10. The Labute approximate surface area is 143 Å². The van der Waals surface area contributed by atoms with Gasteiger partial charge in [-0.3, -0.25) is 9.80 Å². The topological polar surface area (TPSA) is 24.9 Å². The summed E-state index contributed by atoms with van der Waals surface area (Å²) in [6.45, 7) is 20.7. The highest BCUT2D eigenvalue weighted by Crippen LogP contribution is 2.32. The van der Waals surface area contributed by atoms with Crippen LogP contribution >= 0.6 is 0 Å². The van der Waals surface area contributed by atoms with Gasteiger partial charge in [-0.1, -0.05) is 0 Å². The summed E-state index contributed by atoms with van der Waals surface area (Å²) in [5, 5.41) is 0. The summed E-state index contributed by atoms with van der Waals surface area (Å²) < 4.78 is 12.1. The summed E-state index contributed by atoms with van der Waals surface area (Å²) in [6, 6.07) is 0. The van der Waals surface area contributed by atoms with Crippen LogP contribution in [0.3, 0.4) is 0 Å². The predicted molar refractivity (Wildman–Crippen MR) is 96.0 cm³/mol. The van der Waals surface area contributed by atoms with Gasteiger partial charge in [-0.05, 0) is 60.8 Å². The Kier molecular flexibility index (Phi) is 6.15. The summed E-state index contributed by atoms with van der Waals surface area (Å²) in [5.74, 6) is 0. The van der Waals surface area contributed by atoms with Crippen molar-refractivity contribution in [2.24, 2.45) is 0 Å². The van der Waals surface area contributed by atoms with Gasteiger partial charge in [0, 0.05) is 44.9 Å². The number of hydrogen-bond donors (Lipinski definition) is 0. The van der Waals surface area contributed by atoms with Crippen LogP contribution in [-0.4, -0.2) is 72.5 Å². The minimum absolute atomic E-state index is 0.0218. The van der Waals surface area contributed by atoms with Crippen LogP contribution in [-0.2, 0) is 9.47 Å². The van der Waals surface area contributed by atoms with Gasteiger partial charge in [-0.2, -0.15) is 0 Å². The molecule has 4 nitrogen and oxygen atoms in total. The third kappa shape index (κ3) is 6.00. The van der Waals surface area contributed by atoms with Crippen LogP contribution in [0.5, 0.6) is 0 Å². The monoisotopic (exact) mass is 326 g/mol. The molecular weight excluding hydrogens is 288 g/mol. The van der Waals surface area contributed by atoms with Crippen molar-refractivity contribution in [3.8, 4) is 0 Å². The van der Waals surface area contributed by atoms with Gasteiger partial charge in [0.05, 0.1) is 17.8 Å². The fraction of sp³-hybridized carbons (Fsp3) is 1.00. The van der Waals surface area contributed by atoms with Crippen LogP contribution in [0.4, 0.5) is 0 Å². The van der Waals surface area contributed by atoms with Crippen LogP contribution in [0.15, 0.2) is 0 Å². The SMILES string of the molecule is CC(C)(C)OCCCN1CCOC2(CCN(C(C)(C)C)CC2)C1. The van der Waals surface area contributed by atoms with Crippen molar-refractivity contribution in [2.45, 2.75) is 77.5 Å². The largest absolute Gasteiger partial charge is 0.376 e. The molecule has 2 saturated heterocycles. The number of nitrogens with zero attached hydrogens (tertiary/aromatic N) is 2. The Morgan fingerprint density at radius 3 is 2.22 bits per heavy atom. The minimum Gasteiger partial charge on any atom is -0.376 e. The molecule has 0 N–H and O–H groups in total. The predicted octanol–water partition coefficient (Wildman–Crippen LogP) is 3.16. The number of likely N-dealkylation sites (tertiary alicyclic amines) is 1. The van der Waals surface area contributed by atoms with E-state index in [1.807, 2.05) is 0 Å². The van der Waals surface area contributed by atoms with E-state index in [4.69, 9.17) is 9.47 Å². The van der Waals surface area contributed by atoms with E-state index in [1.165, 1.54) is 12.8 Å². The maximum atomic E-state index is 6.26. The molecule has 2 heterocycles. The van der Waals surface area contributed by atoms with Crippen LogP contribution < -0.4 is 0 Å². The first-order valence-electron chi connectivity index (χ1n) is 9.35. The molecular formula is C19H38N2O2. The lowest BCUT2D eigenvalue weighted by molar-refractivity contribution is -0.143. The van der Waals surface area contributed by atoms with Crippen molar-refractivity contribution < 1.29 is 9.47 Å². The highest BCUT2D eigenvalue weighted by molar-refractivity contribution is 4.95. The lowest BCUT2D eigenvalue weighted by Gasteiger charge is -2.50. The Morgan fingerprint density at radius 2 is 1.65 bits per heavy atom. The quantitative estimate of drug-likeness (QED) is 0.741. The molecule has 0 aromatic rings. The third-order valence-corrected chi connectivity index (χ3v) is 5.10. The number of piperidine rings is 1. The van der Waals surface area contributed by atoms with E-state index < -0.39 is 0 Å². The molecule has 0 radical (unpaired) electrons. The summed E-state index contributed by atoms with van der Waals surface area (Å²) in [7, 11) is 0. The molecule has 0 aromatic carbocycles. The molecule has 0 aromatic heterocycles. The molecule has 0 bridgehead atoms. The molecule has 23 heavy (non-hydrogen) atoms.